The van der Waals surface area contributed by atoms with Crippen LogP contribution >= 0.6 is 0 Å². The number of aromatic nitrogens is 1. The van der Waals surface area contributed by atoms with E-state index in [4.69, 9.17) is 0 Å². The topological polar surface area (TPSA) is 39.1 Å². The maximum Gasteiger partial charge on any atom is 0.231 e. The molecule has 1 aromatic heterocycles. The first-order chi connectivity index (χ1) is 15.2. The summed E-state index contributed by atoms with van der Waals surface area (Å²) in [6, 6.07) is 31.5. The first-order valence-corrected chi connectivity index (χ1v) is 10.6. The molecule has 0 radical (unpaired) electrons. The van der Waals surface area contributed by atoms with Gasteiger partial charge in [-0.15, -0.1) is 0 Å². The quantitative estimate of drug-likeness (QED) is 0.324. The van der Waals surface area contributed by atoms with Gasteiger partial charge in [-0.05, 0) is 35.6 Å². The fraction of sp³-hybridized carbons (Fsp3) is 0.143. The number of nitrogens with zero attached hydrogens (tertiary/aromatic N) is 1. The number of benzene rings is 3. The van der Waals surface area contributed by atoms with E-state index < -0.39 is 0 Å². The van der Waals surface area contributed by atoms with Crippen molar-refractivity contribution in [3.8, 4) is 11.3 Å². The van der Waals surface area contributed by atoms with Crippen molar-refractivity contribution in [2.75, 3.05) is 0 Å². The fourth-order valence-electron chi connectivity index (χ4n) is 3.75. The van der Waals surface area contributed by atoms with Gasteiger partial charge in [0.2, 0.25) is 5.91 Å². The minimum absolute atomic E-state index is 0.00791. The molecule has 0 aliphatic rings. The number of aryl methyl sites for hydroxylation is 1. The van der Waals surface area contributed by atoms with Gasteiger partial charge < -0.3 is 0 Å². The van der Waals surface area contributed by atoms with Crippen molar-refractivity contribution < 1.29 is 9.59 Å². The molecular weight excluding hydrogens is 382 g/mol. The zero-order valence-corrected chi connectivity index (χ0v) is 17.4. The van der Waals surface area contributed by atoms with E-state index in [1.807, 2.05) is 84.9 Å². The second-order valence-electron chi connectivity index (χ2n) is 7.67. The Morgan fingerprint density at radius 2 is 1.29 bits per heavy atom. The number of carbonyl (C=O) groups is 2. The minimum atomic E-state index is 0.00791. The molecule has 0 spiro atoms. The van der Waals surface area contributed by atoms with E-state index in [2.05, 4.69) is 12.1 Å². The maximum absolute atomic E-state index is 13.1. The van der Waals surface area contributed by atoms with Crippen molar-refractivity contribution in [3.63, 3.8) is 0 Å². The molecule has 3 nitrogen and oxygen atoms in total. The van der Waals surface area contributed by atoms with Crippen molar-refractivity contribution in [3.05, 3.63) is 120 Å². The first kappa shape index (κ1) is 20.5. The average Bonchev–Trinajstić information content (AvgIpc) is 3.27. The molecule has 154 valence electrons. The van der Waals surface area contributed by atoms with Gasteiger partial charge in [0.05, 0.1) is 5.69 Å². The second kappa shape index (κ2) is 9.86. The first-order valence-electron chi connectivity index (χ1n) is 10.6. The van der Waals surface area contributed by atoms with Crippen molar-refractivity contribution in [2.45, 2.75) is 25.7 Å². The Labute approximate surface area is 183 Å². The smallest absolute Gasteiger partial charge is 0.231 e. The second-order valence-corrected chi connectivity index (χ2v) is 7.67. The highest BCUT2D eigenvalue weighted by Crippen LogP contribution is 2.24. The summed E-state index contributed by atoms with van der Waals surface area (Å²) in [6.45, 7) is 0. The third-order valence-electron chi connectivity index (χ3n) is 5.39. The number of ketones is 1. The van der Waals surface area contributed by atoms with Crippen LogP contribution in [0.2, 0.25) is 0 Å². The van der Waals surface area contributed by atoms with Crippen molar-refractivity contribution in [2.24, 2.45) is 0 Å². The van der Waals surface area contributed by atoms with Crippen LogP contribution in [0, 0.1) is 0 Å². The monoisotopic (exact) mass is 407 g/mol. The predicted molar refractivity (Wildman–Crippen MR) is 124 cm³/mol. The number of Topliss-reactive ketones (excluding diaryl/α,β-unsaturated/α-hetero) is 1. The Kier molecular flexibility index (Phi) is 6.53. The Bertz CT molecular complexity index is 1150. The van der Waals surface area contributed by atoms with Crippen molar-refractivity contribution in [1.82, 2.24) is 4.57 Å². The van der Waals surface area contributed by atoms with Crippen LogP contribution < -0.4 is 0 Å². The van der Waals surface area contributed by atoms with Gasteiger partial charge in [0.15, 0.2) is 5.78 Å². The zero-order valence-electron chi connectivity index (χ0n) is 17.4. The molecule has 0 aliphatic carbocycles. The van der Waals surface area contributed by atoms with Gasteiger partial charge in [-0.3, -0.25) is 14.2 Å². The van der Waals surface area contributed by atoms with Crippen LogP contribution in [0.15, 0.2) is 103 Å². The van der Waals surface area contributed by atoms with Crippen LogP contribution in [0.4, 0.5) is 0 Å². The lowest BCUT2D eigenvalue weighted by Crippen LogP contribution is -2.11. The van der Waals surface area contributed by atoms with Crippen LogP contribution in [0.3, 0.4) is 0 Å². The molecule has 0 atom stereocenters. The largest absolute Gasteiger partial charge is 0.294 e. The van der Waals surface area contributed by atoms with Crippen LogP contribution in [0.5, 0.6) is 0 Å². The highest BCUT2D eigenvalue weighted by atomic mass is 16.2. The standard InChI is InChI=1S/C28H25NO2/c30-27(19-23-13-6-2-7-14-23)25-20-26(24-16-8-3-9-17-24)29(21-25)28(31)18-10-15-22-11-4-1-5-12-22/h1-9,11-14,16-17,20-21H,10,15,18-19H2. The van der Waals surface area contributed by atoms with Gasteiger partial charge in [-0.25, -0.2) is 0 Å². The molecule has 0 saturated heterocycles. The van der Waals surface area contributed by atoms with Gasteiger partial charge in [-0.1, -0.05) is 91.0 Å². The summed E-state index contributed by atoms with van der Waals surface area (Å²) in [7, 11) is 0. The summed E-state index contributed by atoms with van der Waals surface area (Å²) in [5, 5.41) is 0. The minimum Gasteiger partial charge on any atom is -0.294 e. The van der Waals surface area contributed by atoms with Crippen LogP contribution in [-0.2, 0) is 12.8 Å². The molecule has 0 saturated carbocycles. The van der Waals surface area contributed by atoms with E-state index in [1.54, 1.807) is 10.8 Å². The molecule has 4 rings (SSSR count). The number of hydrogen-bond donors (Lipinski definition) is 0. The average molecular weight is 408 g/mol. The molecule has 3 heteroatoms. The molecule has 0 unspecified atom stereocenters. The van der Waals surface area contributed by atoms with Gasteiger partial charge in [0.25, 0.3) is 0 Å². The Balaban J connectivity index is 1.54. The molecule has 0 fully saturated rings. The Morgan fingerprint density at radius 1 is 0.710 bits per heavy atom. The van der Waals surface area contributed by atoms with Crippen LogP contribution in [-0.4, -0.2) is 16.3 Å². The van der Waals surface area contributed by atoms with E-state index in [9.17, 15) is 9.59 Å². The number of hydrogen-bond acceptors (Lipinski definition) is 2. The Hall–Kier alpha value is -3.72. The molecule has 3 aromatic carbocycles. The normalized spacial score (nSPS) is 10.7. The van der Waals surface area contributed by atoms with E-state index in [0.717, 1.165) is 29.7 Å². The lowest BCUT2D eigenvalue weighted by Gasteiger charge is -2.08. The Morgan fingerprint density at radius 3 is 1.94 bits per heavy atom. The SMILES string of the molecule is O=C(Cc1ccccc1)c1cc(-c2ccccc2)n(C(=O)CCCc2ccccc2)c1. The van der Waals surface area contributed by atoms with E-state index in [0.29, 0.717) is 18.4 Å². The van der Waals surface area contributed by atoms with Gasteiger partial charge >= 0.3 is 0 Å². The fourth-order valence-corrected chi connectivity index (χ4v) is 3.75. The molecule has 4 aromatic rings. The molecule has 31 heavy (non-hydrogen) atoms. The molecule has 0 aliphatic heterocycles. The molecule has 0 bridgehead atoms. The van der Waals surface area contributed by atoms with Gasteiger partial charge in [0, 0.05) is 24.6 Å². The van der Waals surface area contributed by atoms with E-state index in [1.165, 1.54) is 5.56 Å². The van der Waals surface area contributed by atoms with E-state index >= 15 is 0 Å². The van der Waals surface area contributed by atoms with Crippen molar-refractivity contribution in [1.29, 1.82) is 0 Å². The van der Waals surface area contributed by atoms with Crippen LogP contribution in [0.1, 0.15) is 39.1 Å². The van der Waals surface area contributed by atoms with Gasteiger partial charge in [-0.2, -0.15) is 0 Å². The maximum atomic E-state index is 13.1. The van der Waals surface area contributed by atoms with Crippen LogP contribution in [0.25, 0.3) is 11.3 Å². The number of rotatable bonds is 8. The zero-order chi connectivity index (χ0) is 21.5. The highest BCUT2D eigenvalue weighted by Gasteiger charge is 2.18. The third kappa shape index (κ3) is 5.26. The van der Waals surface area contributed by atoms with Crippen molar-refractivity contribution >= 4 is 11.7 Å². The summed E-state index contributed by atoms with van der Waals surface area (Å²) in [6.07, 6.45) is 4.08. The lowest BCUT2D eigenvalue weighted by atomic mass is 10.0. The molecular formula is C28H25NO2. The van der Waals surface area contributed by atoms with Gasteiger partial charge in [0.1, 0.15) is 0 Å². The summed E-state index contributed by atoms with van der Waals surface area (Å²) < 4.78 is 1.65. The predicted octanol–water partition coefficient (Wildman–Crippen LogP) is 6.24. The lowest BCUT2D eigenvalue weighted by molar-refractivity contribution is 0.0902. The summed E-state index contributed by atoms with van der Waals surface area (Å²) in [5.74, 6) is 0.0211. The summed E-state index contributed by atoms with van der Waals surface area (Å²) in [4.78, 5) is 26.0. The third-order valence-corrected chi connectivity index (χ3v) is 5.39. The molecule has 0 N–H and O–H groups in total. The summed E-state index contributed by atoms with van der Waals surface area (Å²) in [5.41, 5.74) is 4.46. The highest BCUT2D eigenvalue weighted by molar-refractivity contribution is 6.00. The number of carbonyl (C=O) groups excluding carboxylic acids is 2. The molecule has 1 heterocycles. The molecule has 0 amide bonds. The van der Waals surface area contributed by atoms with E-state index in [-0.39, 0.29) is 11.7 Å². The summed E-state index contributed by atoms with van der Waals surface area (Å²) >= 11 is 0.